The van der Waals surface area contributed by atoms with Gasteiger partial charge in [-0.2, -0.15) is 0 Å². The maximum absolute atomic E-state index is 12.2. The number of hydrogen-bond acceptors (Lipinski definition) is 5. The molecule has 1 aromatic carbocycles. The van der Waals surface area contributed by atoms with Crippen LogP contribution in [0.4, 0.5) is 11.6 Å². The number of piperidine rings is 1. The van der Waals surface area contributed by atoms with E-state index in [9.17, 15) is 8.42 Å². The minimum Gasteiger partial charge on any atom is -0.341 e. The van der Waals surface area contributed by atoms with Gasteiger partial charge in [0, 0.05) is 18.1 Å². The van der Waals surface area contributed by atoms with Crippen molar-refractivity contribution in [1.82, 2.24) is 9.97 Å². The molecule has 0 atom stereocenters. The summed E-state index contributed by atoms with van der Waals surface area (Å²) < 4.78 is 27.0. The Kier molecular flexibility index (Phi) is 5.20. The first-order valence-electron chi connectivity index (χ1n) is 7.84. The molecule has 3 rings (SSSR count). The molecule has 2 heterocycles. The molecule has 0 saturated carbocycles. The van der Waals surface area contributed by atoms with Gasteiger partial charge in [-0.1, -0.05) is 23.7 Å². The smallest absolute Gasteiger partial charge is 0.237 e. The van der Waals surface area contributed by atoms with Crippen LogP contribution in [0.15, 0.2) is 36.7 Å². The summed E-state index contributed by atoms with van der Waals surface area (Å²) in [6.45, 7) is 1.89. The van der Waals surface area contributed by atoms with E-state index in [4.69, 9.17) is 11.6 Å². The van der Waals surface area contributed by atoms with Gasteiger partial charge in [-0.15, -0.1) is 0 Å². The van der Waals surface area contributed by atoms with Gasteiger partial charge >= 0.3 is 0 Å². The van der Waals surface area contributed by atoms with E-state index >= 15 is 0 Å². The number of rotatable bonds is 5. The Morgan fingerprint density at radius 1 is 1.04 bits per heavy atom. The maximum atomic E-state index is 12.2. The highest BCUT2D eigenvalue weighted by atomic mass is 35.5. The predicted molar refractivity (Wildman–Crippen MR) is 95.8 cm³/mol. The monoisotopic (exact) mass is 366 g/mol. The van der Waals surface area contributed by atoms with Gasteiger partial charge in [0.1, 0.15) is 0 Å². The van der Waals surface area contributed by atoms with E-state index in [1.54, 1.807) is 24.3 Å². The lowest BCUT2D eigenvalue weighted by molar-refractivity contribution is 0.568. The van der Waals surface area contributed by atoms with Crippen LogP contribution in [-0.4, -0.2) is 31.5 Å². The molecular weight excluding hydrogens is 348 g/mol. The zero-order valence-corrected chi connectivity index (χ0v) is 14.7. The molecule has 1 aliphatic heterocycles. The quantitative estimate of drug-likeness (QED) is 0.880. The molecule has 0 spiro atoms. The first-order valence-corrected chi connectivity index (χ1v) is 9.87. The molecule has 1 saturated heterocycles. The van der Waals surface area contributed by atoms with Crippen LogP contribution in [0.1, 0.15) is 24.8 Å². The molecular formula is C16H19ClN4O2S. The highest BCUT2D eigenvalue weighted by Crippen LogP contribution is 2.18. The number of halogens is 1. The lowest BCUT2D eigenvalue weighted by atomic mass is 10.1. The van der Waals surface area contributed by atoms with Gasteiger partial charge in [-0.25, -0.2) is 18.4 Å². The predicted octanol–water partition coefficient (Wildman–Crippen LogP) is 3.06. The Balaban J connectivity index is 1.64. The second-order valence-electron chi connectivity index (χ2n) is 5.81. The van der Waals surface area contributed by atoms with Gasteiger partial charge in [0.15, 0.2) is 0 Å². The number of aromatic nitrogens is 2. The Morgan fingerprint density at radius 3 is 2.29 bits per heavy atom. The average Bonchev–Trinajstić information content (AvgIpc) is 2.58. The molecule has 8 heteroatoms. The fourth-order valence-electron chi connectivity index (χ4n) is 2.65. The molecule has 1 aliphatic rings. The Hall–Kier alpha value is -1.86. The van der Waals surface area contributed by atoms with E-state index in [1.165, 1.54) is 18.8 Å². The van der Waals surface area contributed by atoms with Gasteiger partial charge < -0.3 is 4.90 Å². The highest BCUT2D eigenvalue weighted by molar-refractivity contribution is 7.91. The Morgan fingerprint density at radius 2 is 1.67 bits per heavy atom. The van der Waals surface area contributed by atoms with Gasteiger partial charge in [0.25, 0.3) is 0 Å². The number of sulfonamides is 1. The van der Waals surface area contributed by atoms with Crippen molar-refractivity contribution in [3.63, 3.8) is 0 Å². The summed E-state index contributed by atoms with van der Waals surface area (Å²) in [4.78, 5) is 10.7. The maximum Gasteiger partial charge on any atom is 0.237 e. The fourth-order valence-corrected chi connectivity index (χ4v) is 3.94. The summed E-state index contributed by atoms with van der Waals surface area (Å²) >= 11 is 5.81. The lowest BCUT2D eigenvalue weighted by Crippen LogP contribution is -2.30. The van der Waals surface area contributed by atoms with Gasteiger partial charge in [-0.05, 0) is 37.0 Å². The summed E-state index contributed by atoms with van der Waals surface area (Å²) in [6, 6.07) is 6.72. The first kappa shape index (κ1) is 17.0. The summed E-state index contributed by atoms with van der Waals surface area (Å²) in [7, 11) is -3.52. The topological polar surface area (TPSA) is 75.2 Å². The van der Waals surface area contributed by atoms with Crippen LogP contribution in [0.25, 0.3) is 0 Å². The molecule has 6 nitrogen and oxygen atoms in total. The summed E-state index contributed by atoms with van der Waals surface area (Å²) in [6.07, 6.45) is 6.53. The molecule has 0 bridgehead atoms. The van der Waals surface area contributed by atoms with Gasteiger partial charge in [0.05, 0.1) is 23.8 Å². The first-order chi connectivity index (χ1) is 11.5. The van der Waals surface area contributed by atoms with Crippen LogP contribution in [0, 0.1) is 0 Å². The molecule has 1 N–H and O–H groups in total. The van der Waals surface area contributed by atoms with Crippen LogP contribution in [0.3, 0.4) is 0 Å². The molecule has 0 radical (unpaired) electrons. The summed E-state index contributed by atoms with van der Waals surface area (Å²) in [5, 5.41) is 0.575. The highest BCUT2D eigenvalue weighted by Gasteiger charge is 2.15. The van der Waals surface area contributed by atoms with Crippen LogP contribution in [-0.2, 0) is 15.8 Å². The van der Waals surface area contributed by atoms with Crippen LogP contribution in [0.2, 0.25) is 5.02 Å². The van der Waals surface area contributed by atoms with E-state index in [1.807, 2.05) is 0 Å². The average molecular weight is 367 g/mol. The Labute approximate surface area is 146 Å². The van der Waals surface area contributed by atoms with Gasteiger partial charge in [-0.3, -0.25) is 4.72 Å². The summed E-state index contributed by atoms with van der Waals surface area (Å²) in [5.41, 5.74) is 1.03. The summed E-state index contributed by atoms with van der Waals surface area (Å²) in [5.74, 6) is 0.522. The van der Waals surface area contributed by atoms with E-state index in [0.29, 0.717) is 22.2 Å². The van der Waals surface area contributed by atoms with E-state index in [2.05, 4.69) is 19.6 Å². The Bertz CT molecular complexity index is 773. The molecule has 1 fully saturated rings. The molecule has 0 aliphatic carbocycles. The molecule has 24 heavy (non-hydrogen) atoms. The third kappa shape index (κ3) is 4.58. The minimum atomic E-state index is -3.52. The van der Waals surface area contributed by atoms with Crippen molar-refractivity contribution in [3.8, 4) is 0 Å². The van der Waals surface area contributed by atoms with Crippen molar-refractivity contribution in [2.45, 2.75) is 25.0 Å². The molecule has 0 amide bonds. The van der Waals surface area contributed by atoms with E-state index < -0.39 is 10.0 Å². The standard InChI is InChI=1S/C16H19ClN4O2S/c17-14-6-4-13(5-7-14)12-24(22,23)20-15-10-18-16(19-11-15)21-8-2-1-3-9-21/h4-7,10-11,20H,1-3,8-9,12H2. The van der Waals surface area contributed by atoms with Crippen LogP contribution < -0.4 is 9.62 Å². The molecule has 128 valence electrons. The zero-order valence-electron chi connectivity index (χ0n) is 13.2. The van der Waals surface area contributed by atoms with Crippen LogP contribution >= 0.6 is 11.6 Å². The van der Waals surface area contributed by atoms with Crippen molar-refractivity contribution in [1.29, 1.82) is 0 Å². The molecule has 0 unspecified atom stereocenters. The fraction of sp³-hybridized carbons (Fsp3) is 0.375. The van der Waals surface area contributed by atoms with Crippen molar-refractivity contribution in [2.75, 3.05) is 22.7 Å². The normalized spacial score (nSPS) is 15.3. The van der Waals surface area contributed by atoms with Crippen molar-refractivity contribution in [2.24, 2.45) is 0 Å². The van der Waals surface area contributed by atoms with Crippen molar-refractivity contribution in [3.05, 3.63) is 47.2 Å². The number of hydrogen-bond donors (Lipinski definition) is 1. The van der Waals surface area contributed by atoms with E-state index in [0.717, 1.165) is 25.9 Å². The van der Waals surface area contributed by atoms with Crippen molar-refractivity contribution >= 4 is 33.3 Å². The lowest BCUT2D eigenvalue weighted by Gasteiger charge is -2.26. The number of nitrogens with zero attached hydrogens (tertiary/aromatic N) is 3. The van der Waals surface area contributed by atoms with Crippen molar-refractivity contribution < 1.29 is 8.42 Å². The molecule has 1 aromatic heterocycles. The van der Waals surface area contributed by atoms with Crippen LogP contribution in [0.5, 0.6) is 0 Å². The SMILES string of the molecule is O=S(=O)(Cc1ccc(Cl)cc1)Nc1cnc(N2CCCCC2)nc1. The second-order valence-corrected chi connectivity index (χ2v) is 7.97. The zero-order chi connectivity index (χ0) is 17.0. The minimum absolute atomic E-state index is 0.127. The molecule has 2 aromatic rings. The third-order valence-electron chi connectivity index (χ3n) is 3.82. The third-order valence-corrected chi connectivity index (χ3v) is 5.33. The number of nitrogens with one attached hydrogen (secondary N) is 1. The van der Waals surface area contributed by atoms with E-state index in [-0.39, 0.29) is 5.75 Å². The van der Waals surface area contributed by atoms with Gasteiger partial charge in [0.2, 0.25) is 16.0 Å². The number of anilines is 2. The number of benzene rings is 1. The second kappa shape index (κ2) is 7.36. The largest absolute Gasteiger partial charge is 0.341 e.